The largest absolute Gasteiger partial charge is 0.384 e. The summed E-state index contributed by atoms with van der Waals surface area (Å²) in [6.45, 7) is 5.01. The van der Waals surface area contributed by atoms with E-state index in [0.717, 1.165) is 0 Å². The maximum Gasteiger partial charge on any atom is 0.253 e. The van der Waals surface area contributed by atoms with Crippen molar-refractivity contribution in [2.24, 2.45) is 0 Å². The quantitative estimate of drug-likeness (QED) is 0.834. The molecule has 0 radical (unpaired) electrons. The van der Waals surface area contributed by atoms with Gasteiger partial charge in [-0.25, -0.2) is 4.98 Å². The summed E-state index contributed by atoms with van der Waals surface area (Å²) in [6, 6.07) is 3.22. The predicted molar refractivity (Wildman–Crippen MR) is 66.7 cm³/mol. The molecule has 0 aliphatic rings. The lowest BCUT2D eigenvalue weighted by atomic mass is 10.2. The molecule has 94 valence electrons. The van der Waals surface area contributed by atoms with E-state index in [9.17, 15) is 4.79 Å². The minimum absolute atomic E-state index is 0.0774. The molecule has 0 aliphatic carbocycles. The Kier molecular flexibility index (Phi) is 4.90. The first kappa shape index (κ1) is 13.4. The van der Waals surface area contributed by atoms with E-state index in [1.165, 1.54) is 6.20 Å². The fourth-order valence-electron chi connectivity index (χ4n) is 1.33. The molecule has 0 fully saturated rings. The number of hydrogen-bond donors (Lipinski definition) is 1. The molecule has 1 aromatic heterocycles. The topological polar surface area (TPSA) is 68.5 Å². The normalized spacial score (nSPS) is 10.6. The van der Waals surface area contributed by atoms with Crippen molar-refractivity contribution in [2.45, 2.75) is 20.0 Å². The number of aromatic nitrogens is 1. The Bertz CT molecular complexity index is 380. The van der Waals surface area contributed by atoms with Crippen LogP contribution < -0.4 is 5.73 Å². The molecule has 17 heavy (non-hydrogen) atoms. The van der Waals surface area contributed by atoms with Gasteiger partial charge in [-0.2, -0.15) is 0 Å². The number of likely N-dealkylation sites (N-methyl/N-ethyl adjacent to an activating group) is 1. The van der Waals surface area contributed by atoms with Crippen LogP contribution in [0.25, 0.3) is 0 Å². The highest BCUT2D eigenvalue weighted by molar-refractivity contribution is 5.94. The standard InChI is InChI=1S/C12H19N3O2/c1-9(2)17-7-6-15(3)12(16)10-4-5-14-11(13)8-10/h4-5,8-9H,6-7H2,1-3H3,(H2,13,14). The second-order valence-corrected chi connectivity index (χ2v) is 4.12. The van der Waals surface area contributed by atoms with Crippen LogP contribution in [0.3, 0.4) is 0 Å². The van der Waals surface area contributed by atoms with Gasteiger partial charge in [-0.1, -0.05) is 0 Å². The van der Waals surface area contributed by atoms with Crippen LogP contribution in [0.2, 0.25) is 0 Å². The minimum atomic E-state index is -0.0774. The summed E-state index contributed by atoms with van der Waals surface area (Å²) >= 11 is 0. The summed E-state index contributed by atoms with van der Waals surface area (Å²) in [6.07, 6.45) is 1.70. The lowest BCUT2D eigenvalue weighted by molar-refractivity contribution is 0.0532. The zero-order valence-corrected chi connectivity index (χ0v) is 10.5. The summed E-state index contributed by atoms with van der Waals surface area (Å²) in [5, 5.41) is 0. The Balaban J connectivity index is 2.52. The molecule has 0 spiro atoms. The SMILES string of the molecule is CC(C)OCCN(C)C(=O)c1ccnc(N)c1. The number of anilines is 1. The van der Waals surface area contributed by atoms with Crippen LogP contribution in [-0.4, -0.2) is 42.1 Å². The Hall–Kier alpha value is -1.62. The van der Waals surface area contributed by atoms with E-state index in [-0.39, 0.29) is 12.0 Å². The van der Waals surface area contributed by atoms with Gasteiger partial charge in [0.05, 0.1) is 12.7 Å². The van der Waals surface area contributed by atoms with Crippen LogP contribution in [0.15, 0.2) is 18.3 Å². The van der Waals surface area contributed by atoms with Crippen molar-refractivity contribution in [3.05, 3.63) is 23.9 Å². The summed E-state index contributed by atoms with van der Waals surface area (Å²) in [4.78, 5) is 17.4. The first-order valence-corrected chi connectivity index (χ1v) is 5.59. The maximum atomic E-state index is 12.0. The molecule has 0 atom stereocenters. The van der Waals surface area contributed by atoms with E-state index >= 15 is 0 Å². The van der Waals surface area contributed by atoms with Gasteiger partial charge in [-0.3, -0.25) is 4.79 Å². The molecule has 1 rings (SSSR count). The molecule has 2 N–H and O–H groups in total. The highest BCUT2D eigenvalue weighted by atomic mass is 16.5. The smallest absolute Gasteiger partial charge is 0.253 e. The third kappa shape index (κ3) is 4.40. The summed E-state index contributed by atoms with van der Waals surface area (Å²) in [5.74, 6) is 0.272. The van der Waals surface area contributed by atoms with Crippen molar-refractivity contribution in [3.63, 3.8) is 0 Å². The molecule has 1 aromatic rings. The Labute approximate surface area is 102 Å². The van der Waals surface area contributed by atoms with Crippen LogP contribution in [0, 0.1) is 0 Å². The van der Waals surface area contributed by atoms with E-state index in [0.29, 0.717) is 24.5 Å². The van der Waals surface area contributed by atoms with Crippen molar-refractivity contribution in [3.8, 4) is 0 Å². The van der Waals surface area contributed by atoms with Crippen molar-refractivity contribution in [1.82, 2.24) is 9.88 Å². The average molecular weight is 237 g/mol. The molecule has 5 heteroatoms. The number of carbonyl (C=O) groups is 1. The van der Waals surface area contributed by atoms with Crippen molar-refractivity contribution in [1.29, 1.82) is 0 Å². The van der Waals surface area contributed by atoms with Crippen LogP contribution in [0.5, 0.6) is 0 Å². The van der Waals surface area contributed by atoms with Gasteiger partial charge in [-0.15, -0.1) is 0 Å². The van der Waals surface area contributed by atoms with E-state index in [4.69, 9.17) is 10.5 Å². The van der Waals surface area contributed by atoms with Crippen LogP contribution in [0.1, 0.15) is 24.2 Å². The number of amides is 1. The number of pyridine rings is 1. The highest BCUT2D eigenvalue weighted by Crippen LogP contribution is 2.06. The second kappa shape index (κ2) is 6.20. The molecule has 0 aromatic carbocycles. The monoisotopic (exact) mass is 237 g/mol. The molecular formula is C12H19N3O2. The average Bonchev–Trinajstić information content (AvgIpc) is 2.27. The van der Waals surface area contributed by atoms with E-state index in [2.05, 4.69) is 4.98 Å². The van der Waals surface area contributed by atoms with Gasteiger partial charge in [0.25, 0.3) is 5.91 Å². The molecule has 5 nitrogen and oxygen atoms in total. The number of carbonyl (C=O) groups excluding carboxylic acids is 1. The second-order valence-electron chi connectivity index (χ2n) is 4.12. The predicted octanol–water partition coefficient (Wildman–Crippen LogP) is 1.16. The molecule has 0 saturated heterocycles. The summed E-state index contributed by atoms with van der Waals surface area (Å²) in [7, 11) is 1.74. The maximum absolute atomic E-state index is 12.0. The van der Waals surface area contributed by atoms with Crippen molar-refractivity contribution >= 4 is 11.7 Å². The summed E-state index contributed by atoms with van der Waals surface area (Å²) in [5.41, 5.74) is 6.08. The fraction of sp³-hybridized carbons (Fsp3) is 0.500. The molecule has 0 aliphatic heterocycles. The molecule has 0 saturated carbocycles. The fourth-order valence-corrected chi connectivity index (χ4v) is 1.33. The number of rotatable bonds is 5. The number of nitrogens with zero attached hydrogens (tertiary/aromatic N) is 2. The molecule has 0 unspecified atom stereocenters. The Morgan fingerprint density at radius 1 is 1.59 bits per heavy atom. The zero-order valence-electron chi connectivity index (χ0n) is 10.5. The van der Waals surface area contributed by atoms with Crippen molar-refractivity contribution in [2.75, 3.05) is 25.9 Å². The molecule has 1 heterocycles. The lowest BCUT2D eigenvalue weighted by Gasteiger charge is -2.18. The molecule has 1 amide bonds. The van der Waals surface area contributed by atoms with E-state index in [1.54, 1.807) is 24.1 Å². The van der Waals surface area contributed by atoms with Gasteiger partial charge in [0.15, 0.2) is 0 Å². The number of nitrogen functional groups attached to an aromatic ring is 1. The van der Waals surface area contributed by atoms with E-state index < -0.39 is 0 Å². The van der Waals surface area contributed by atoms with Gasteiger partial charge in [0.2, 0.25) is 0 Å². The Morgan fingerprint density at radius 2 is 2.29 bits per heavy atom. The van der Waals surface area contributed by atoms with Gasteiger partial charge in [-0.05, 0) is 26.0 Å². The molecular weight excluding hydrogens is 218 g/mol. The zero-order chi connectivity index (χ0) is 12.8. The summed E-state index contributed by atoms with van der Waals surface area (Å²) < 4.78 is 5.39. The molecule has 0 bridgehead atoms. The van der Waals surface area contributed by atoms with Gasteiger partial charge in [0, 0.05) is 25.4 Å². The van der Waals surface area contributed by atoms with Crippen LogP contribution in [0.4, 0.5) is 5.82 Å². The Morgan fingerprint density at radius 3 is 2.88 bits per heavy atom. The first-order valence-electron chi connectivity index (χ1n) is 5.59. The first-order chi connectivity index (χ1) is 8.00. The van der Waals surface area contributed by atoms with Crippen molar-refractivity contribution < 1.29 is 9.53 Å². The van der Waals surface area contributed by atoms with Gasteiger partial charge in [0.1, 0.15) is 5.82 Å². The highest BCUT2D eigenvalue weighted by Gasteiger charge is 2.11. The third-order valence-corrected chi connectivity index (χ3v) is 2.25. The van der Waals surface area contributed by atoms with Gasteiger partial charge < -0.3 is 15.4 Å². The van der Waals surface area contributed by atoms with Crippen LogP contribution >= 0.6 is 0 Å². The van der Waals surface area contributed by atoms with E-state index in [1.807, 2.05) is 13.8 Å². The third-order valence-electron chi connectivity index (χ3n) is 2.25. The lowest BCUT2D eigenvalue weighted by Crippen LogP contribution is -2.30. The number of hydrogen-bond acceptors (Lipinski definition) is 4. The number of ether oxygens (including phenoxy) is 1. The van der Waals surface area contributed by atoms with Gasteiger partial charge >= 0.3 is 0 Å². The number of nitrogens with two attached hydrogens (primary N) is 1. The minimum Gasteiger partial charge on any atom is -0.384 e. The van der Waals surface area contributed by atoms with Crippen LogP contribution in [-0.2, 0) is 4.74 Å².